The van der Waals surface area contributed by atoms with Crippen LogP contribution in [0.3, 0.4) is 0 Å². The van der Waals surface area contributed by atoms with E-state index in [1.807, 2.05) is 20.8 Å². The molecular weight excluding hydrogens is 314 g/mol. The lowest BCUT2D eigenvalue weighted by Crippen LogP contribution is -2.47. The van der Waals surface area contributed by atoms with Gasteiger partial charge >= 0.3 is 6.09 Å². The first-order valence-corrected chi connectivity index (χ1v) is 10.3. The summed E-state index contributed by atoms with van der Waals surface area (Å²) in [5.74, 6) is 1.41. The predicted octanol–water partition coefficient (Wildman–Crippen LogP) is 3.39. The summed E-state index contributed by atoms with van der Waals surface area (Å²) in [5.41, 5.74) is -0.430. The molecule has 2 aliphatic rings. The highest BCUT2D eigenvalue weighted by Crippen LogP contribution is 2.24. The molecule has 2 N–H and O–H groups in total. The Balaban J connectivity index is 1.68. The van der Waals surface area contributed by atoms with Gasteiger partial charge in [0, 0.05) is 25.7 Å². The van der Waals surface area contributed by atoms with Gasteiger partial charge in [-0.3, -0.25) is 0 Å². The minimum atomic E-state index is -0.430. The van der Waals surface area contributed by atoms with Crippen molar-refractivity contribution in [3.05, 3.63) is 0 Å². The number of carbonyl (C=O) groups is 1. The van der Waals surface area contributed by atoms with E-state index in [4.69, 9.17) is 4.74 Å². The Morgan fingerprint density at radius 1 is 1.12 bits per heavy atom. The molecule has 25 heavy (non-hydrogen) atoms. The summed E-state index contributed by atoms with van der Waals surface area (Å²) in [5, 5.41) is 6.74. The third kappa shape index (κ3) is 7.95. The fraction of sp³-hybridized carbons (Fsp3) is 0.950. The third-order valence-corrected chi connectivity index (χ3v) is 5.53. The molecule has 0 aromatic heterocycles. The Kier molecular flexibility index (Phi) is 8.01. The summed E-state index contributed by atoms with van der Waals surface area (Å²) < 4.78 is 5.36. The van der Waals surface area contributed by atoms with Crippen LogP contribution in [0, 0.1) is 11.8 Å². The molecule has 2 fully saturated rings. The minimum absolute atomic E-state index is 0.292. The monoisotopic (exact) mass is 353 g/mol. The minimum Gasteiger partial charge on any atom is -0.444 e. The first-order valence-electron chi connectivity index (χ1n) is 10.3. The van der Waals surface area contributed by atoms with Crippen molar-refractivity contribution >= 4 is 6.09 Å². The van der Waals surface area contributed by atoms with Gasteiger partial charge in [0.15, 0.2) is 0 Å². The number of carbonyl (C=O) groups excluding carboxylic acids is 1. The van der Waals surface area contributed by atoms with Crippen molar-refractivity contribution in [1.82, 2.24) is 15.5 Å². The van der Waals surface area contributed by atoms with E-state index >= 15 is 0 Å². The molecule has 0 aromatic carbocycles. The Morgan fingerprint density at radius 2 is 1.80 bits per heavy atom. The summed E-state index contributed by atoms with van der Waals surface area (Å²) in [6, 6.07) is 0.521. The number of nitrogens with one attached hydrogen (secondary N) is 2. The number of alkyl carbamates (subject to hydrolysis) is 1. The van der Waals surface area contributed by atoms with Crippen molar-refractivity contribution in [3.8, 4) is 0 Å². The zero-order chi connectivity index (χ0) is 18.3. The second-order valence-corrected chi connectivity index (χ2v) is 9.01. The molecule has 0 bridgehead atoms. The lowest BCUT2D eigenvalue weighted by Gasteiger charge is -2.34. The number of amides is 1. The van der Waals surface area contributed by atoms with Gasteiger partial charge in [-0.05, 0) is 71.4 Å². The molecule has 5 nitrogen and oxygen atoms in total. The topological polar surface area (TPSA) is 53.6 Å². The maximum Gasteiger partial charge on any atom is 0.407 e. The number of hydrogen-bond acceptors (Lipinski definition) is 4. The molecule has 1 saturated carbocycles. The van der Waals surface area contributed by atoms with E-state index in [2.05, 4.69) is 22.5 Å². The van der Waals surface area contributed by atoms with E-state index in [0.29, 0.717) is 18.5 Å². The number of piperidine rings is 1. The summed E-state index contributed by atoms with van der Waals surface area (Å²) in [6.07, 6.45) is 7.36. The molecule has 146 valence electrons. The first kappa shape index (κ1) is 20.5. The highest BCUT2D eigenvalue weighted by atomic mass is 16.6. The lowest BCUT2D eigenvalue weighted by molar-refractivity contribution is 0.0510. The average Bonchev–Trinajstić information content (AvgIpc) is 2.54. The van der Waals surface area contributed by atoms with Gasteiger partial charge in [0.05, 0.1) is 0 Å². The van der Waals surface area contributed by atoms with Crippen LogP contribution < -0.4 is 10.6 Å². The molecule has 0 spiro atoms. The van der Waals surface area contributed by atoms with E-state index < -0.39 is 5.60 Å². The van der Waals surface area contributed by atoms with Crippen LogP contribution in [0.2, 0.25) is 0 Å². The Hall–Kier alpha value is -0.810. The second kappa shape index (κ2) is 9.77. The number of rotatable bonds is 6. The number of likely N-dealkylation sites (tertiary alicyclic amines) is 1. The Bertz CT molecular complexity index is 400. The summed E-state index contributed by atoms with van der Waals surface area (Å²) >= 11 is 0. The molecule has 1 amide bonds. The maximum absolute atomic E-state index is 11.9. The molecule has 0 aromatic rings. The van der Waals surface area contributed by atoms with Crippen LogP contribution in [0.1, 0.15) is 66.2 Å². The van der Waals surface area contributed by atoms with Crippen LogP contribution in [0.15, 0.2) is 0 Å². The van der Waals surface area contributed by atoms with E-state index in [9.17, 15) is 4.79 Å². The molecule has 1 heterocycles. The highest BCUT2D eigenvalue weighted by molar-refractivity contribution is 5.67. The van der Waals surface area contributed by atoms with E-state index in [1.54, 1.807) is 0 Å². The normalized spacial score (nSPS) is 26.4. The Morgan fingerprint density at radius 3 is 2.48 bits per heavy atom. The fourth-order valence-corrected chi connectivity index (χ4v) is 3.94. The molecule has 1 aliphatic heterocycles. The van der Waals surface area contributed by atoms with E-state index in [1.165, 1.54) is 51.6 Å². The van der Waals surface area contributed by atoms with Crippen LogP contribution in [-0.2, 0) is 4.74 Å². The quantitative estimate of drug-likeness (QED) is 0.768. The van der Waals surface area contributed by atoms with Gasteiger partial charge < -0.3 is 20.3 Å². The van der Waals surface area contributed by atoms with E-state index in [-0.39, 0.29) is 6.09 Å². The summed E-state index contributed by atoms with van der Waals surface area (Å²) in [7, 11) is 0. The average molecular weight is 354 g/mol. The van der Waals surface area contributed by atoms with Gasteiger partial charge in [-0.1, -0.05) is 19.8 Å². The molecule has 1 saturated heterocycles. The van der Waals surface area contributed by atoms with Crippen molar-refractivity contribution in [3.63, 3.8) is 0 Å². The Labute approximate surface area is 154 Å². The van der Waals surface area contributed by atoms with Crippen LogP contribution in [0.25, 0.3) is 0 Å². The van der Waals surface area contributed by atoms with Crippen molar-refractivity contribution in [2.24, 2.45) is 11.8 Å². The number of nitrogens with zero attached hydrogens (tertiary/aromatic N) is 1. The van der Waals surface area contributed by atoms with Gasteiger partial charge in [0.1, 0.15) is 5.60 Å². The smallest absolute Gasteiger partial charge is 0.407 e. The molecule has 2 unspecified atom stereocenters. The molecule has 2 atom stereocenters. The molecule has 2 rings (SSSR count). The number of ether oxygens (including phenoxy) is 1. The third-order valence-electron chi connectivity index (χ3n) is 5.53. The summed E-state index contributed by atoms with van der Waals surface area (Å²) in [6.45, 7) is 13.5. The van der Waals surface area contributed by atoms with Crippen molar-refractivity contribution in [2.45, 2.75) is 77.9 Å². The fourth-order valence-electron chi connectivity index (χ4n) is 3.94. The lowest BCUT2D eigenvalue weighted by atomic mass is 9.84. The van der Waals surface area contributed by atoms with Crippen LogP contribution in [0.4, 0.5) is 4.79 Å². The molecular formula is C20H39N3O2. The van der Waals surface area contributed by atoms with Gasteiger partial charge in [-0.25, -0.2) is 4.79 Å². The van der Waals surface area contributed by atoms with Gasteiger partial charge in [-0.15, -0.1) is 0 Å². The van der Waals surface area contributed by atoms with Crippen LogP contribution in [0.5, 0.6) is 0 Å². The second-order valence-electron chi connectivity index (χ2n) is 9.01. The SMILES string of the molecule is CC1CCN(CCNC2CCCCC2CNC(=O)OC(C)(C)C)CC1. The van der Waals surface area contributed by atoms with Gasteiger partial charge in [0.25, 0.3) is 0 Å². The van der Waals surface area contributed by atoms with Crippen molar-refractivity contribution in [2.75, 3.05) is 32.7 Å². The van der Waals surface area contributed by atoms with Crippen LogP contribution >= 0.6 is 0 Å². The summed E-state index contributed by atoms with van der Waals surface area (Å²) in [4.78, 5) is 14.5. The van der Waals surface area contributed by atoms with Crippen molar-refractivity contribution in [1.29, 1.82) is 0 Å². The largest absolute Gasteiger partial charge is 0.444 e. The first-order chi connectivity index (χ1) is 11.8. The van der Waals surface area contributed by atoms with Crippen LogP contribution in [-0.4, -0.2) is 55.4 Å². The van der Waals surface area contributed by atoms with Gasteiger partial charge in [-0.2, -0.15) is 0 Å². The predicted molar refractivity (Wildman–Crippen MR) is 103 cm³/mol. The van der Waals surface area contributed by atoms with E-state index in [0.717, 1.165) is 19.0 Å². The highest BCUT2D eigenvalue weighted by Gasteiger charge is 2.26. The molecule has 1 aliphatic carbocycles. The maximum atomic E-state index is 11.9. The standard InChI is InChI=1S/C20H39N3O2/c1-16-9-12-23(13-10-16)14-11-21-18-8-6-5-7-17(18)15-22-19(24)25-20(2,3)4/h16-18,21H,5-15H2,1-4H3,(H,22,24). The van der Waals surface area contributed by atoms with Gasteiger partial charge in [0.2, 0.25) is 0 Å². The molecule has 5 heteroatoms. The van der Waals surface area contributed by atoms with Crippen molar-refractivity contribution < 1.29 is 9.53 Å². The zero-order valence-corrected chi connectivity index (χ0v) is 16.8. The molecule has 0 radical (unpaired) electrons. The zero-order valence-electron chi connectivity index (χ0n) is 16.8. The number of hydrogen-bond donors (Lipinski definition) is 2.